The van der Waals surface area contributed by atoms with Gasteiger partial charge in [-0.3, -0.25) is 9.59 Å². The van der Waals surface area contributed by atoms with Crippen LogP contribution in [0.1, 0.15) is 39.7 Å². The third-order valence-electron chi connectivity index (χ3n) is 7.30. The van der Waals surface area contributed by atoms with Crippen LogP contribution < -0.4 is 10.2 Å². The van der Waals surface area contributed by atoms with Gasteiger partial charge in [-0.2, -0.15) is 0 Å². The maximum atomic E-state index is 13.9. The van der Waals surface area contributed by atoms with Gasteiger partial charge in [0.1, 0.15) is 24.8 Å². The monoisotopic (exact) mass is 588 g/mol. The van der Waals surface area contributed by atoms with E-state index in [0.29, 0.717) is 12.3 Å². The van der Waals surface area contributed by atoms with Gasteiger partial charge >= 0.3 is 11.9 Å². The molecule has 2 N–H and O–H groups in total. The highest BCUT2D eigenvalue weighted by molar-refractivity contribution is 5.89. The minimum Gasteiger partial charge on any atom is -0.481 e. The van der Waals surface area contributed by atoms with Gasteiger partial charge in [0.15, 0.2) is 5.79 Å². The molecule has 9 heteroatoms. The van der Waals surface area contributed by atoms with Crippen LogP contribution in [0.25, 0.3) is 11.1 Å². The first kappa shape index (κ1) is 31.7. The van der Waals surface area contributed by atoms with Gasteiger partial charge in [-0.15, -0.1) is 0 Å². The van der Waals surface area contributed by atoms with Crippen molar-refractivity contribution in [2.45, 2.75) is 70.6 Å². The summed E-state index contributed by atoms with van der Waals surface area (Å²) < 4.78 is 17.3. The lowest BCUT2D eigenvalue weighted by molar-refractivity contribution is -0.159. The number of rotatable bonds is 13. The second kappa shape index (κ2) is 14.3. The topological polar surface area (TPSA) is 114 Å². The van der Waals surface area contributed by atoms with Gasteiger partial charge in [0.05, 0.1) is 13.0 Å². The van der Waals surface area contributed by atoms with Crippen molar-refractivity contribution >= 4 is 23.5 Å². The number of esters is 1. The third kappa shape index (κ3) is 8.89. The van der Waals surface area contributed by atoms with E-state index in [2.05, 4.69) is 5.32 Å². The van der Waals surface area contributed by atoms with E-state index in [4.69, 9.17) is 14.2 Å². The number of benzene rings is 3. The SMILES string of the molecule is C[C@H](CC(=O)O)NC(=O)[C@H](C)N(c1ccc(-c2ccccc2)cc1)C(Cc1ccccc1)C(=O)OCC1COC(C)(C)O1. The smallest absolute Gasteiger partial charge is 0.329 e. The lowest BCUT2D eigenvalue weighted by atomic mass is 10.00. The number of nitrogens with one attached hydrogen (secondary N) is 1. The van der Waals surface area contributed by atoms with Crippen LogP contribution in [0.4, 0.5) is 5.69 Å². The normalized spacial score (nSPS) is 17.8. The summed E-state index contributed by atoms with van der Waals surface area (Å²) in [5.74, 6) is -2.68. The van der Waals surface area contributed by atoms with Crippen molar-refractivity contribution in [3.63, 3.8) is 0 Å². The lowest BCUT2D eigenvalue weighted by Crippen LogP contribution is -2.55. The molecular weight excluding hydrogens is 548 g/mol. The number of carbonyl (C=O) groups excluding carboxylic acids is 2. The van der Waals surface area contributed by atoms with Gasteiger partial charge in [0.25, 0.3) is 0 Å². The number of carbonyl (C=O) groups is 3. The summed E-state index contributed by atoms with van der Waals surface area (Å²) in [7, 11) is 0. The Labute approximate surface area is 252 Å². The molecular formula is C34H40N2O7. The molecule has 1 saturated heterocycles. The summed E-state index contributed by atoms with van der Waals surface area (Å²) in [6.07, 6.45) is -0.359. The predicted octanol–water partition coefficient (Wildman–Crippen LogP) is 4.83. The van der Waals surface area contributed by atoms with Crippen LogP contribution in [0, 0.1) is 0 Å². The molecule has 0 spiro atoms. The predicted molar refractivity (Wildman–Crippen MR) is 163 cm³/mol. The van der Waals surface area contributed by atoms with Crippen LogP contribution in [0.3, 0.4) is 0 Å². The summed E-state index contributed by atoms with van der Waals surface area (Å²) in [4.78, 5) is 40.4. The molecule has 4 rings (SSSR count). The van der Waals surface area contributed by atoms with E-state index >= 15 is 0 Å². The minimum absolute atomic E-state index is 0.00452. The number of nitrogens with zero attached hydrogens (tertiary/aromatic N) is 1. The summed E-state index contributed by atoms with van der Waals surface area (Å²) in [5, 5.41) is 12.0. The average Bonchev–Trinajstić information content (AvgIpc) is 3.34. The van der Waals surface area contributed by atoms with Crippen LogP contribution in [0.5, 0.6) is 0 Å². The van der Waals surface area contributed by atoms with E-state index in [0.717, 1.165) is 16.7 Å². The molecule has 0 saturated carbocycles. The Morgan fingerprint density at radius 3 is 2.14 bits per heavy atom. The van der Waals surface area contributed by atoms with E-state index in [9.17, 15) is 19.5 Å². The molecule has 43 heavy (non-hydrogen) atoms. The fraction of sp³-hybridized carbons (Fsp3) is 0.382. The van der Waals surface area contributed by atoms with E-state index in [-0.39, 0.29) is 19.4 Å². The van der Waals surface area contributed by atoms with Gasteiger partial charge in [-0.25, -0.2) is 4.79 Å². The van der Waals surface area contributed by atoms with Crippen molar-refractivity contribution in [3.8, 4) is 11.1 Å². The maximum Gasteiger partial charge on any atom is 0.329 e. The van der Waals surface area contributed by atoms with Crippen molar-refractivity contribution in [2.75, 3.05) is 18.1 Å². The van der Waals surface area contributed by atoms with E-state index in [1.807, 2.05) is 84.9 Å². The molecule has 0 aromatic heterocycles. The van der Waals surface area contributed by atoms with Crippen molar-refractivity contribution in [2.24, 2.45) is 0 Å². The van der Waals surface area contributed by atoms with Gasteiger partial charge in [0, 0.05) is 18.2 Å². The molecule has 1 fully saturated rings. The summed E-state index contributed by atoms with van der Waals surface area (Å²) in [5.41, 5.74) is 3.56. The van der Waals surface area contributed by atoms with Gasteiger partial charge in [-0.1, -0.05) is 72.8 Å². The molecule has 0 aliphatic carbocycles. The number of hydrogen-bond donors (Lipinski definition) is 2. The lowest BCUT2D eigenvalue weighted by Gasteiger charge is -2.37. The van der Waals surface area contributed by atoms with Crippen LogP contribution in [0.15, 0.2) is 84.9 Å². The Balaban J connectivity index is 1.67. The summed E-state index contributed by atoms with van der Waals surface area (Å²) in [6, 6.07) is 24.8. The Kier molecular flexibility index (Phi) is 10.6. The number of anilines is 1. The molecule has 3 aromatic rings. The van der Waals surface area contributed by atoms with Crippen LogP contribution >= 0.6 is 0 Å². The Morgan fingerprint density at radius 1 is 0.953 bits per heavy atom. The fourth-order valence-electron chi connectivity index (χ4n) is 5.18. The molecule has 4 atom stereocenters. The highest BCUT2D eigenvalue weighted by Crippen LogP contribution is 2.28. The van der Waals surface area contributed by atoms with Crippen molar-refractivity contribution in [1.29, 1.82) is 0 Å². The molecule has 1 heterocycles. The average molecular weight is 589 g/mol. The number of ether oxygens (including phenoxy) is 3. The second-order valence-corrected chi connectivity index (χ2v) is 11.3. The molecule has 3 aromatic carbocycles. The van der Waals surface area contributed by atoms with Crippen molar-refractivity contribution in [3.05, 3.63) is 90.5 Å². The Hall–Kier alpha value is -4.21. The maximum absolute atomic E-state index is 13.9. The molecule has 1 amide bonds. The van der Waals surface area contributed by atoms with E-state index < -0.39 is 47.9 Å². The highest BCUT2D eigenvalue weighted by atomic mass is 16.7. The number of amides is 1. The van der Waals surface area contributed by atoms with Crippen molar-refractivity contribution < 1.29 is 33.7 Å². The Morgan fingerprint density at radius 2 is 1.56 bits per heavy atom. The Bertz CT molecular complexity index is 1360. The second-order valence-electron chi connectivity index (χ2n) is 11.3. The van der Waals surface area contributed by atoms with Gasteiger partial charge in [-0.05, 0) is 56.5 Å². The quantitative estimate of drug-likeness (QED) is 0.273. The number of carboxylic acid groups (broad SMARTS) is 1. The van der Waals surface area contributed by atoms with Crippen LogP contribution in [0.2, 0.25) is 0 Å². The summed E-state index contributed by atoms with van der Waals surface area (Å²) in [6.45, 7) is 7.26. The fourth-order valence-corrected chi connectivity index (χ4v) is 5.18. The van der Waals surface area contributed by atoms with Crippen LogP contribution in [-0.4, -0.2) is 66.2 Å². The first-order chi connectivity index (χ1) is 20.5. The zero-order valence-corrected chi connectivity index (χ0v) is 25.1. The standard InChI is InChI=1S/C34H40N2O7/c1-23(19-31(37)38)35-32(39)24(2)36(28-17-15-27(16-18-28)26-13-9-6-10-14-26)30(20-25-11-7-5-8-12-25)33(40)41-21-29-22-42-34(3,4)43-29/h5-18,23-24,29-30H,19-22H2,1-4H3,(H,35,39)(H,37,38)/t23-,24+,29?,30?/m1/s1. The van der Waals surface area contributed by atoms with E-state index in [1.165, 1.54) is 0 Å². The third-order valence-corrected chi connectivity index (χ3v) is 7.30. The molecule has 228 valence electrons. The first-order valence-electron chi connectivity index (χ1n) is 14.5. The zero-order chi connectivity index (χ0) is 31.0. The van der Waals surface area contributed by atoms with Crippen LogP contribution in [-0.2, 0) is 35.0 Å². The number of carboxylic acids is 1. The molecule has 2 unspecified atom stereocenters. The molecule has 1 aliphatic heterocycles. The van der Waals surface area contributed by atoms with Gasteiger partial charge < -0.3 is 29.5 Å². The molecule has 0 radical (unpaired) electrons. The summed E-state index contributed by atoms with van der Waals surface area (Å²) >= 11 is 0. The zero-order valence-electron chi connectivity index (χ0n) is 25.1. The highest BCUT2D eigenvalue weighted by Gasteiger charge is 2.37. The minimum atomic E-state index is -1.01. The number of aliphatic carboxylic acids is 1. The number of hydrogen-bond acceptors (Lipinski definition) is 7. The van der Waals surface area contributed by atoms with Crippen molar-refractivity contribution in [1.82, 2.24) is 5.32 Å². The van der Waals surface area contributed by atoms with E-state index in [1.54, 1.807) is 32.6 Å². The van der Waals surface area contributed by atoms with Gasteiger partial charge in [0.2, 0.25) is 5.91 Å². The largest absolute Gasteiger partial charge is 0.481 e. The first-order valence-corrected chi connectivity index (χ1v) is 14.5. The molecule has 1 aliphatic rings. The molecule has 0 bridgehead atoms. The molecule has 9 nitrogen and oxygen atoms in total.